The van der Waals surface area contributed by atoms with Gasteiger partial charge in [-0.15, -0.1) is 0 Å². The average Bonchev–Trinajstić information content (AvgIpc) is 3.54. The number of hydrogen-bond acceptors (Lipinski definition) is 1. The first kappa shape index (κ1) is 23.5. The van der Waals surface area contributed by atoms with E-state index in [1.54, 1.807) is 0 Å². The van der Waals surface area contributed by atoms with E-state index in [2.05, 4.69) is 143 Å². The Kier molecular flexibility index (Phi) is 5.36. The molecular formula is C37H26BrNO. The molecule has 1 aliphatic carbocycles. The van der Waals surface area contributed by atoms with Crippen LogP contribution in [0.1, 0.15) is 18.9 Å². The highest BCUT2D eigenvalue weighted by atomic mass is 79.9. The third-order valence-electron chi connectivity index (χ3n) is 8.21. The van der Waals surface area contributed by atoms with E-state index in [0.29, 0.717) is 5.92 Å². The van der Waals surface area contributed by atoms with E-state index in [1.165, 1.54) is 33.0 Å². The molecule has 0 radical (unpaired) electrons. The Balaban J connectivity index is 1.42. The van der Waals surface area contributed by atoms with Gasteiger partial charge >= 0.3 is 0 Å². The van der Waals surface area contributed by atoms with E-state index >= 15 is 0 Å². The van der Waals surface area contributed by atoms with Gasteiger partial charge < -0.3 is 8.98 Å². The Morgan fingerprint density at radius 2 is 1.52 bits per heavy atom. The molecule has 0 spiro atoms. The van der Waals surface area contributed by atoms with Gasteiger partial charge in [-0.05, 0) is 71.0 Å². The zero-order valence-corrected chi connectivity index (χ0v) is 23.7. The first-order valence-corrected chi connectivity index (χ1v) is 14.6. The summed E-state index contributed by atoms with van der Waals surface area (Å²) in [5.41, 5.74) is 10.1. The minimum Gasteiger partial charge on any atom is -0.454 e. The standard InChI is InChI=1S/C37H26BrNO/c1-23-16-18-24(19-17-23)25-8-6-9-26(22-25)27-20-21-33(37-35(27)29-11-3-5-15-34(29)40-37)39-31-13-4-2-10-28(31)36-30(38)12-7-14-32(36)39/h2-16,18-23H,17H2,1H3. The number of nitrogens with zero attached hydrogens (tertiary/aromatic N) is 1. The fraction of sp³-hybridized carbons (Fsp3) is 0.0811. The summed E-state index contributed by atoms with van der Waals surface area (Å²) >= 11 is 3.82. The minimum atomic E-state index is 0.595. The maximum absolute atomic E-state index is 6.70. The number of fused-ring (bicyclic) bond motifs is 6. The average molecular weight is 581 g/mol. The number of allylic oxidation sites excluding steroid dienone is 4. The summed E-state index contributed by atoms with van der Waals surface area (Å²) in [6, 6.07) is 36.8. The van der Waals surface area contributed by atoms with Gasteiger partial charge in [-0.1, -0.05) is 108 Å². The molecule has 2 nitrogen and oxygen atoms in total. The monoisotopic (exact) mass is 579 g/mol. The van der Waals surface area contributed by atoms with Gasteiger partial charge in [0.05, 0.1) is 16.7 Å². The summed E-state index contributed by atoms with van der Waals surface area (Å²) in [7, 11) is 0. The summed E-state index contributed by atoms with van der Waals surface area (Å²) in [5.74, 6) is 0.595. The molecule has 40 heavy (non-hydrogen) atoms. The Labute approximate surface area is 241 Å². The van der Waals surface area contributed by atoms with Crippen molar-refractivity contribution in [3.63, 3.8) is 0 Å². The van der Waals surface area contributed by atoms with E-state index in [4.69, 9.17) is 4.42 Å². The van der Waals surface area contributed by atoms with E-state index in [-0.39, 0.29) is 0 Å². The van der Waals surface area contributed by atoms with Crippen LogP contribution in [-0.2, 0) is 0 Å². The van der Waals surface area contributed by atoms with E-state index < -0.39 is 0 Å². The summed E-state index contributed by atoms with van der Waals surface area (Å²) in [6.45, 7) is 2.26. The van der Waals surface area contributed by atoms with E-state index in [1.807, 2.05) is 6.07 Å². The van der Waals surface area contributed by atoms with Crippen molar-refractivity contribution in [1.29, 1.82) is 0 Å². The van der Waals surface area contributed by atoms with Crippen LogP contribution < -0.4 is 0 Å². The van der Waals surface area contributed by atoms with Crippen LogP contribution in [0.2, 0.25) is 0 Å². The van der Waals surface area contributed by atoms with Crippen LogP contribution in [0.25, 0.3) is 66.1 Å². The predicted octanol–water partition coefficient (Wildman–Crippen LogP) is 11.1. The molecule has 0 fully saturated rings. The van der Waals surface area contributed by atoms with Crippen molar-refractivity contribution in [2.24, 2.45) is 5.92 Å². The van der Waals surface area contributed by atoms with Gasteiger partial charge in [-0.2, -0.15) is 0 Å². The van der Waals surface area contributed by atoms with Gasteiger partial charge in [-0.3, -0.25) is 0 Å². The van der Waals surface area contributed by atoms with Gasteiger partial charge in [0.25, 0.3) is 0 Å². The molecule has 0 saturated carbocycles. The normalized spacial score (nSPS) is 15.4. The molecule has 1 unspecified atom stereocenters. The lowest BCUT2D eigenvalue weighted by molar-refractivity contribution is 0.666. The van der Waals surface area contributed by atoms with Crippen molar-refractivity contribution in [2.75, 3.05) is 0 Å². The fourth-order valence-electron chi connectivity index (χ4n) is 6.27. The molecule has 192 valence electrons. The zero-order valence-electron chi connectivity index (χ0n) is 22.1. The lowest BCUT2D eigenvalue weighted by atomic mass is 9.91. The third-order valence-corrected chi connectivity index (χ3v) is 8.87. The molecule has 0 aliphatic heterocycles. The van der Waals surface area contributed by atoms with Crippen LogP contribution >= 0.6 is 15.9 Å². The number of aromatic nitrogens is 1. The van der Waals surface area contributed by atoms with Gasteiger partial charge in [0.1, 0.15) is 5.58 Å². The molecule has 8 rings (SSSR count). The second-order valence-electron chi connectivity index (χ2n) is 10.7. The molecule has 0 N–H and O–H groups in total. The van der Waals surface area contributed by atoms with Crippen LogP contribution in [0.4, 0.5) is 0 Å². The molecule has 1 aliphatic rings. The summed E-state index contributed by atoms with van der Waals surface area (Å²) in [5, 5.41) is 4.71. The van der Waals surface area contributed by atoms with Crippen molar-refractivity contribution in [1.82, 2.24) is 4.57 Å². The Morgan fingerprint density at radius 3 is 2.40 bits per heavy atom. The maximum atomic E-state index is 6.70. The number of hydrogen-bond donors (Lipinski definition) is 0. The van der Waals surface area contributed by atoms with Crippen molar-refractivity contribution in [3.8, 4) is 16.8 Å². The lowest BCUT2D eigenvalue weighted by Crippen LogP contribution is -1.96. The minimum absolute atomic E-state index is 0.595. The largest absolute Gasteiger partial charge is 0.454 e. The molecule has 2 aromatic heterocycles. The molecule has 5 aromatic carbocycles. The molecule has 0 saturated heterocycles. The molecular weight excluding hydrogens is 554 g/mol. The SMILES string of the molecule is CC1C=CC(c2cccc(-c3ccc(-n4c5ccccc5c5c(Br)cccc54)c4oc5ccccc5c34)c2)=CC1. The topological polar surface area (TPSA) is 18.1 Å². The predicted molar refractivity (Wildman–Crippen MR) is 172 cm³/mol. The smallest absolute Gasteiger partial charge is 0.160 e. The molecule has 3 heteroatoms. The number of para-hydroxylation sites is 2. The van der Waals surface area contributed by atoms with Crippen LogP contribution in [0.3, 0.4) is 0 Å². The van der Waals surface area contributed by atoms with Crippen LogP contribution in [0, 0.1) is 5.92 Å². The molecule has 7 aromatic rings. The fourth-order valence-corrected chi connectivity index (χ4v) is 6.84. The number of halogens is 1. The van der Waals surface area contributed by atoms with Gasteiger partial charge in [0, 0.05) is 26.0 Å². The third kappa shape index (κ3) is 3.54. The van der Waals surface area contributed by atoms with Gasteiger partial charge in [0.2, 0.25) is 0 Å². The second-order valence-corrected chi connectivity index (χ2v) is 11.6. The van der Waals surface area contributed by atoms with Crippen molar-refractivity contribution >= 4 is 65.2 Å². The van der Waals surface area contributed by atoms with E-state index in [0.717, 1.165) is 49.6 Å². The lowest BCUT2D eigenvalue weighted by Gasteiger charge is -2.14. The second kappa shape index (κ2) is 9.11. The molecule has 0 bridgehead atoms. The summed E-state index contributed by atoms with van der Waals surface area (Å²) < 4.78 is 10.1. The summed E-state index contributed by atoms with van der Waals surface area (Å²) in [4.78, 5) is 0. The van der Waals surface area contributed by atoms with Crippen LogP contribution in [-0.4, -0.2) is 4.57 Å². The van der Waals surface area contributed by atoms with Crippen molar-refractivity contribution < 1.29 is 4.42 Å². The summed E-state index contributed by atoms with van der Waals surface area (Å²) in [6.07, 6.45) is 8.01. The van der Waals surface area contributed by atoms with Gasteiger partial charge in [0.15, 0.2) is 5.58 Å². The quantitative estimate of drug-likeness (QED) is 0.203. The van der Waals surface area contributed by atoms with Crippen LogP contribution in [0.15, 0.2) is 130 Å². The number of benzene rings is 5. The maximum Gasteiger partial charge on any atom is 0.160 e. The molecule has 1 atom stereocenters. The Bertz CT molecular complexity index is 2170. The molecule has 2 heterocycles. The number of rotatable bonds is 3. The number of furan rings is 1. The van der Waals surface area contributed by atoms with Crippen molar-refractivity contribution in [2.45, 2.75) is 13.3 Å². The van der Waals surface area contributed by atoms with E-state index in [9.17, 15) is 0 Å². The first-order chi connectivity index (χ1) is 19.7. The zero-order chi connectivity index (χ0) is 26.8. The Hall–Kier alpha value is -4.34. The Morgan fingerprint density at radius 1 is 0.750 bits per heavy atom. The highest BCUT2D eigenvalue weighted by Gasteiger charge is 2.21. The highest BCUT2D eigenvalue weighted by Crippen LogP contribution is 2.43. The van der Waals surface area contributed by atoms with Crippen molar-refractivity contribution in [3.05, 3.63) is 131 Å². The van der Waals surface area contributed by atoms with Crippen LogP contribution in [0.5, 0.6) is 0 Å². The molecule has 0 amide bonds. The highest BCUT2D eigenvalue weighted by molar-refractivity contribution is 9.10. The van der Waals surface area contributed by atoms with Gasteiger partial charge in [-0.25, -0.2) is 0 Å². The first-order valence-electron chi connectivity index (χ1n) is 13.8.